The number of pyridine rings is 1. The Kier molecular flexibility index (Phi) is 5.28. The van der Waals surface area contributed by atoms with Crippen molar-refractivity contribution in [1.29, 1.82) is 5.26 Å². The van der Waals surface area contributed by atoms with Crippen molar-refractivity contribution < 1.29 is 9.84 Å². The molecule has 0 radical (unpaired) electrons. The lowest BCUT2D eigenvalue weighted by Gasteiger charge is -2.22. The maximum Gasteiger partial charge on any atom is 0.231 e. The second kappa shape index (κ2) is 6.50. The zero-order chi connectivity index (χ0) is 14.5. The van der Waals surface area contributed by atoms with Crippen LogP contribution in [0.2, 0.25) is 0 Å². The first-order chi connectivity index (χ1) is 8.81. The Labute approximate surface area is 114 Å². The van der Waals surface area contributed by atoms with Gasteiger partial charge in [-0.15, -0.1) is 0 Å². The number of aryl methyl sites for hydroxylation is 1. The van der Waals surface area contributed by atoms with Crippen LogP contribution in [0.1, 0.15) is 32.0 Å². The van der Waals surface area contributed by atoms with Gasteiger partial charge in [-0.2, -0.15) is 5.26 Å². The molecule has 0 aliphatic heterocycles. The van der Waals surface area contributed by atoms with Crippen LogP contribution in [0.3, 0.4) is 0 Å². The molecule has 0 bridgehead atoms. The van der Waals surface area contributed by atoms with E-state index in [0.29, 0.717) is 12.1 Å². The van der Waals surface area contributed by atoms with Crippen LogP contribution in [0, 0.1) is 18.3 Å². The number of hydrogen-bond donors (Lipinski definition) is 2. The molecule has 0 amide bonds. The second-order valence-electron chi connectivity index (χ2n) is 5.51. The molecule has 1 aromatic heterocycles. The van der Waals surface area contributed by atoms with E-state index < -0.39 is 6.10 Å². The lowest BCUT2D eigenvalue weighted by atomic mass is 10.1. The predicted molar refractivity (Wildman–Crippen MR) is 72.9 cm³/mol. The molecule has 0 aliphatic carbocycles. The average molecular weight is 263 g/mol. The molecule has 19 heavy (non-hydrogen) atoms. The van der Waals surface area contributed by atoms with Crippen molar-refractivity contribution in [2.45, 2.75) is 39.3 Å². The molecular weight excluding hydrogens is 242 g/mol. The van der Waals surface area contributed by atoms with Gasteiger partial charge in [-0.05, 0) is 39.8 Å². The van der Waals surface area contributed by atoms with Gasteiger partial charge in [-0.1, -0.05) is 0 Å². The molecule has 0 spiro atoms. The van der Waals surface area contributed by atoms with Crippen molar-refractivity contribution in [2.75, 3.05) is 13.2 Å². The highest BCUT2D eigenvalue weighted by molar-refractivity contribution is 5.38. The van der Waals surface area contributed by atoms with Crippen molar-refractivity contribution in [1.82, 2.24) is 10.3 Å². The van der Waals surface area contributed by atoms with E-state index in [1.807, 2.05) is 33.8 Å². The number of nitriles is 1. The third kappa shape index (κ3) is 5.69. The molecule has 1 atom stereocenters. The van der Waals surface area contributed by atoms with Gasteiger partial charge < -0.3 is 15.2 Å². The van der Waals surface area contributed by atoms with Gasteiger partial charge in [0.1, 0.15) is 24.3 Å². The van der Waals surface area contributed by atoms with E-state index >= 15 is 0 Å². The summed E-state index contributed by atoms with van der Waals surface area (Å²) in [5, 5.41) is 21.9. The highest BCUT2D eigenvalue weighted by Crippen LogP contribution is 2.15. The van der Waals surface area contributed by atoms with Gasteiger partial charge in [-0.25, -0.2) is 4.98 Å². The molecule has 0 saturated heterocycles. The number of ether oxygens (including phenoxy) is 1. The van der Waals surface area contributed by atoms with Crippen LogP contribution < -0.4 is 10.1 Å². The third-order valence-corrected chi connectivity index (χ3v) is 2.40. The molecule has 5 nitrogen and oxygen atoms in total. The highest BCUT2D eigenvalue weighted by atomic mass is 16.5. The molecule has 1 unspecified atom stereocenters. The molecule has 104 valence electrons. The van der Waals surface area contributed by atoms with E-state index in [-0.39, 0.29) is 18.0 Å². The van der Waals surface area contributed by atoms with Crippen molar-refractivity contribution in [2.24, 2.45) is 0 Å². The Hall–Kier alpha value is -1.64. The third-order valence-electron chi connectivity index (χ3n) is 2.40. The summed E-state index contributed by atoms with van der Waals surface area (Å²) in [5.41, 5.74) is 1.10. The first kappa shape index (κ1) is 15.4. The van der Waals surface area contributed by atoms with Crippen LogP contribution in [0.5, 0.6) is 5.88 Å². The van der Waals surface area contributed by atoms with E-state index in [2.05, 4.69) is 10.3 Å². The van der Waals surface area contributed by atoms with Gasteiger partial charge in [0.2, 0.25) is 5.88 Å². The van der Waals surface area contributed by atoms with Gasteiger partial charge in [0.25, 0.3) is 0 Å². The summed E-state index contributed by atoms with van der Waals surface area (Å²) in [6, 6.07) is 5.44. The van der Waals surface area contributed by atoms with Crippen molar-refractivity contribution in [3.05, 3.63) is 23.4 Å². The van der Waals surface area contributed by atoms with E-state index in [4.69, 9.17) is 10.00 Å². The highest BCUT2D eigenvalue weighted by Gasteiger charge is 2.14. The SMILES string of the molecule is Cc1ccc(C#N)c(OCC(O)CNC(C)(C)C)n1. The normalized spacial score (nSPS) is 12.8. The number of aliphatic hydroxyl groups excluding tert-OH is 1. The summed E-state index contributed by atoms with van der Waals surface area (Å²) < 4.78 is 5.41. The fourth-order valence-corrected chi connectivity index (χ4v) is 1.39. The number of aromatic nitrogens is 1. The van der Waals surface area contributed by atoms with Crippen molar-refractivity contribution in [3.8, 4) is 11.9 Å². The fourth-order valence-electron chi connectivity index (χ4n) is 1.39. The first-order valence-electron chi connectivity index (χ1n) is 6.25. The van der Waals surface area contributed by atoms with Crippen LogP contribution in [-0.4, -0.2) is 34.9 Å². The maximum atomic E-state index is 9.81. The summed E-state index contributed by atoms with van der Waals surface area (Å²) >= 11 is 0. The molecule has 1 heterocycles. The Balaban J connectivity index is 2.53. The summed E-state index contributed by atoms with van der Waals surface area (Å²) in [7, 11) is 0. The fraction of sp³-hybridized carbons (Fsp3) is 0.571. The quantitative estimate of drug-likeness (QED) is 0.839. The zero-order valence-electron chi connectivity index (χ0n) is 11.9. The molecule has 1 rings (SSSR count). The number of hydrogen-bond acceptors (Lipinski definition) is 5. The standard InChI is InChI=1S/C14H21N3O2/c1-10-5-6-11(7-15)13(17-10)19-9-12(18)8-16-14(2,3)4/h5-6,12,16,18H,8-9H2,1-4H3. The zero-order valence-corrected chi connectivity index (χ0v) is 11.9. The van der Waals surface area contributed by atoms with E-state index in [1.165, 1.54) is 0 Å². The van der Waals surface area contributed by atoms with Crippen LogP contribution in [-0.2, 0) is 0 Å². The largest absolute Gasteiger partial charge is 0.474 e. The lowest BCUT2D eigenvalue weighted by molar-refractivity contribution is 0.0975. The molecule has 5 heteroatoms. The van der Waals surface area contributed by atoms with Crippen LogP contribution in [0.25, 0.3) is 0 Å². The summed E-state index contributed by atoms with van der Waals surface area (Å²) in [6.45, 7) is 8.43. The smallest absolute Gasteiger partial charge is 0.231 e. The van der Waals surface area contributed by atoms with E-state index in [0.717, 1.165) is 5.69 Å². The number of nitrogens with zero attached hydrogens (tertiary/aromatic N) is 2. The Morgan fingerprint density at radius 1 is 1.47 bits per heavy atom. The molecule has 0 saturated carbocycles. The summed E-state index contributed by atoms with van der Waals surface area (Å²) in [5.74, 6) is 0.275. The van der Waals surface area contributed by atoms with Gasteiger partial charge in [0.05, 0.1) is 0 Å². The molecular formula is C14H21N3O2. The predicted octanol–water partition coefficient (Wildman–Crippen LogP) is 1.39. The molecule has 0 aliphatic rings. The summed E-state index contributed by atoms with van der Waals surface area (Å²) in [4.78, 5) is 4.15. The lowest BCUT2D eigenvalue weighted by Crippen LogP contribution is -2.42. The van der Waals surface area contributed by atoms with Gasteiger partial charge in [-0.3, -0.25) is 0 Å². The Bertz CT molecular complexity index is 461. The number of rotatable bonds is 5. The van der Waals surface area contributed by atoms with Crippen LogP contribution in [0.4, 0.5) is 0 Å². The summed E-state index contributed by atoms with van der Waals surface area (Å²) in [6.07, 6.45) is -0.645. The minimum atomic E-state index is -0.645. The van der Waals surface area contributed by atoms with Crippen molar-refractivity contribution in [3.63, 3.8) is 0 Å². The monoisotopic (exact) mass is 263 g/mol. The Morgan fingerprint density at radius 3 is 2.74 bits per heavy atom. The van der Waals surface area contributed by atoms with E-state index in [9.17, 15) is 5.11 Å². The van der Waals surface area contributed by atoms with Gasteiger partial charge >= 0.3 is 0 Å². The number of nitrogens with one attached hydrogen (secondary N) is 1. The topological polar surface area (TPSA) is 78.2 Å². The Morgan fingerprint density at radius 2 is 2.16 bits per heavy atom. The van der Waals surface area contributed by atoms with Crippen molar-refractivity contribution >= 4 is 0 Å². The second-order valence-corrected chi connectivity index (χ2v) is 5.51. The minimum absolute atomic E-state index is 0.0552. The first-order valence-corrected chi connectivity index (χ1v) is 6.25. The molecule has 2 N–H and O–H groups in total. The minimum Gasteiger partial charge on any atom is -0.474 e. The number of aliphatic hydroxyl groups is 1. The molecule has 0 fully saturated rings. The van der Waals surface area contributed by atoms with Crippen LogP contribution >= 0.6 is 0 Å². The average Bonchev–Trinajstić information content (AvgIpc) is 2.33. The molecule has 1 aromatic rings. The van der Waals surface area contributed by atoms with Crippen LogP contribution in [0.15, 0.2) is 12.1 Å². The van der Waals surface area contributed by atoms with E-state index in [1.54, 1.807) is 12.1 Å². The van der Waals surface area contributed by atoms with Gasteiger partial charge in [0, 0.05) is 17.8 Å². The van der Waals surface area contributed by atoms with Gasteiger partial charge in [0.15, 0.2) is 0 Å². The number of β-amino-alcohol motifs (C(OH)–C–C–N with tert-alkyl or cyclic N) is 1. The maximum absolute atomic E-state index is 9.81. The molecule has 0 aromatic carbocycles.